The van der Waals surface area contributed by atoms with Crippen molar-refractivity contribution in [3.8, 4) is 0 Å². The first-order chi connectivity index (χ1) is 12.2. The second-order valence-electron chi connectivity index (χ2n) is 5.82. The Morgan fingerprint density at radius 2 is 2.04 bits per heavy atom. The molecule has 1 aliphatic heterocycles. The Morgan fingerprint density at radius 1 is 1.27 bits per heavy atom. The molecule has 7 heteroatoms. The van der Waals surface area contributed by atoms with Crippen molar-refractivity contribution < 1.29 is 9.21 Å². The zero-order valence-corrected chi connectivity index (χ0v) is 17.0. The summed E-state index contributed by atoms with van der Waals surface area (Å²) >= 11 is 0. The van der Waals surface area contributed by atoms with Crippen molar-refractivity contribution in [1.82, 2.24) is 10.2 Å². The van der Waals surface area contributed by atoms with Crippen LogP contribution in [-0.4, -0.2) is 36.9 Å². The van der Waals surface area contributed by atoms with Gasteiger partial charge in [0.15, 0.2) is 11.7 Å². The molecule has 0 aliphatic carbocycles. The van der Waals surface area contributed by atoms with Crippen LogP contribution in [0.25, 0.3) is 5.57 Å². The van der Waals surface area contributed by atoms with Crippen molar-refractivity contribution in [2.45, 2.75) is 13.0 Å². The Labute approximate surface area is 170 Å². The van der Waals surface area contributed by atoms with Crippen molar-refractivity contribution in [2.24, 2.45) is 10.7 Å². The van der Waals surface area contributed by atoms with Gasteiger partial charge in [0, 0.05) is 20.1 Å². The Balaban J connectivity index is 0.00000243. The molecule has 138 valence electrons. The van der Waals surface area contributed by atoms with E-state index in [4.69, 9.17) is 10.2 Å². The van der Waals surface area contributed by atoms with Crippen molar-refractivity contribution in [3.63, 3.8) is 0 Å². The smallest absolute Gasteiger partial charge is 0.284 e. The zero-order chi connectivity index (χ0) is 17.6. The Bertz CT molecular complexity index is 799. The first kappa shape index (κ1) is 20.0. The zero-order valence-electron chi connectivity index (χ0n) is 14.6. The minimum absolute atomic E-state index is 0. The van der Waals surface area contributed by atoms with Crippen LogP contribution >= 0.6 is 24.0 Å². The van der Waals surface area contributed by atoms with Crippen LogP contribution in [0.4, 0.5) is 0 Å². The number of carbonyl (C=O) groups is 1. The van der Waals surface area contributed by atoms with Crippen molar-refractivity contribution in [1.29, 1.82) is 0 Å². The number of primary amides is 1. The highest BCUT2D eigenvalue weighted by Gasteiger charge is 2.16. The van der Waals surface area contributed by atoms with Gasteiger partial charge < -0.3 is 20.4 Å². The number of furan rings is 1. The number of aliphatic imine (C=N–C) groups is 1. The maximum Gasteiger partial charge on any atom is 0.284 e. The number of hydrogen-bond donors (Lipinski definition) is 2. The SMILES string of the molecule is CN=C(NCc1ccc(C(N)=O)o1)N1CC=C(c2ccccc2)CC1.I. The molecule has 26 heavy (non-hydrogen) atoms. The number of hydrogen-bond acceptors (Lipinski definition) is 3. The molecule has 3 rings (SSSR count). The third kappa shape index (κ3) is 4.87. The van der Waals surface area contributed by atoms with Crippen LogP contribution in [0.1, 0.15) is 28.3 Å². The number of nitrogens with one attached hydrogen (secondary N) is 1. The average molecular weight is 466 g/mol. The topological polar surface area (TPSA) is 83.9 Å². The lowest BCUT2D eigenvalue weighted by Crippen LogP contribution is -2.43. The third-order valence-electron chi connectivity index (χ3n) is 4.19. The van der Waals surface area contributed by atoms with Crippen molar-refractivity contribution in [3.05, 3.63) is 65.6 Å². The summed E-state index contributed by atoms with van der Waals surface area (Å²) in [7, 11) is 1.76. The van der Waals surface area contributed by atoms with Gasteiger partial charge in [0.05, 0.1) is 6.54 Å². The molecule has 0 atom stereocenters. The lowest BCUT2D eigenvalue weighted by Gasteiger charge is -2.29. The molecule has 2 heterocycles. The molecule has 0 bridgehead atoms. The number of rotatable bonds is 4. The van der Waals surface area contributed by atoms with E-state index in [9.17, 15) is 4.79 Å². The lowest BCUT2D eigenvalue weighted by atomic mass is 10.00. The van der Waals surface area contributed by atoms with E-state index in [0.717, 1.165) is 25.5 Å². The number of benzene rings is 1. The normalized spacial score (nSPS) is 14.4. The van der Waals surface area contributed by atoms with Gasteiger partial charge in [-0.25, -0.2) is 0 Å². The molecule has 1 aliphatic rings. The Morgan fingerprint density at radius 3 is 2.62 bits per heavy atom. The van der Waals surface area contributed by atoms with Gasteiger partial charge in [0.25, 0.3) is 5.91 Å². The maximum atomic E-state index is 11.1. The van der Waals surface area contributed by atoms with E-state index >= 15 is 0 Å². The van der Waals surface area contributed by atoms with Gasteiger partial charge in [-0.15, -0.1) is 24.0 Å². The number of amides is 1. The second-order valence-corrected chi connectivity index (χ2v) is 5.82. The van der Waals surface area contributed by atoms with E-state index < -0.39 is 5.91 Å². The predicted molar refractivity (Wildman–Crippen MR) is 113 cm³/mol. The summed E-state index contributed by atoms with van der Waals surface area (Å²) in [5.74, 6) is 1.05. The summed E-state index contributed by atoms with van der Waals surface area (Å²) in [5, 5.41) is 3.26. The van der Waals surface area contributed by atoms with E-state index in [1.165, 1.54) is 11.1 Å². The molecule has 1 aromatic carbocycles. The van der Waals surface area contributed by atoms with Crippen LogP contribution in [0.5, 0.6) is 0 Å². The second kappa shape index (κ2) is 9.42. The number of nitrogens with two attached hydrogens (primary N) is 1. The highest BCUT2D eigenvalue weighted by atomic mass is 127. The van der Waals surface area contributed by atoms with Gasteiger partial charge >= 0.3 is 0 Å². The minimum atomic E-state index is -0.565. The van der Waals surface area contributed by atoms with Gasteiger partial charge in [-0.1, -0.05) is 36.4 Å². The molecule has 1 aromatic heterocycles. The molecular weight excluding hydrogens is 443 g/mol. The Kier molecular flexibility index (Phi) is 7.26. The first-order valence-corrected chi connectivity index (χ1v) is 8.26. The molecular formula is C19H23IN4O2. The third-order valence-corrected chi connectivity index (χ3v) is 4.19. The molecule has 2 aromatic rings. The van der Waals surface area contributed by atoms with Crippen LogP contribution < -0.4 is 11.1 Å². The monoisotopic (exact) mass is 466 g/mol. The summed E-state index contributed by atoms with van der Waals surface area (Å²) in [5.41, 5.74) is 7.84. The predicted octanol–water partition coefficient (Wildman–Crippen LogP) is 2.86. The fourth-order valence-electron chi connectivity index (χ4n) is 2.88. The lowest BCUT2D eigenvalue weighted by molar-refractivity contribution is 0.0972. The highest BCUT2D eigenvalue weighted by Crippen LogP contribution is 2.22. The number of carbonyl (C=O) groups excluding carboxylic acids is 1. The summed E-state index contributed by atoms with van der Waals surface area (Å²) in [4.78, 5) is 17.6. The van der Waals surface area contributed by atoms with Crippen LogP contribution in [0.2, 0.25) is 0 Å². The molecule has 1 amide bonds. The Hall–Kier alpha value is -2.29. The number of halogens is 1. The van der Waals surface area contributed by atoms with Gasteiger partial charge in [-0.2, -0.15) is 0 Å². The molecule has 6 nitrogen and oxygen atoms in total. The van der Waals surface area contributed by atoms with E-state index in [-0.39, 0.29) is 29.7 Å². The molecule has 0 radical (unpaired) electrons. The van der Waals surface area contributed by atoms with Gasteiger partial charge in [-0.3, -0.25) is 9.79 Å². The van der Waals surface area contributed by atoms with Gasteiger partial charge in [0.2, 0.25) is 0 Å². The summed E-state index contributed by atoms with van der Waals surface area (Å²) in [6.07, 6.45) is 3.21. The number of nitrogens with zero attached hydrogens (tertiary/aromatic N) is 2. The van der Waals surface area contributed by atoms with E-state index in [1.54, 1.807) is 19.2 Å². The minimum Gasteiger partial charge on any atom is -0.454 e. The van der Waals surface area contributed by atoms with E-state index in [0.29, 0.717) is 12.3 Å². The highest BCUT2D eigenvalue weighted by molar-refractivity contribution is 14.0. The van der Waals surface area contributed by atoms with Crippen LogP contribution in [0.15, 0.2) is 58.0 Å². The molecule has 0 saturated heterocycles. The van der Waals surface area contributed by atoms with Crippen molar-refractivity contribution >= 4 is 41.4 Å². The van der Waals surface area contributed by atoms with E-state index in [1.807, 2.05) is 6.07 Å². The molecule has 0 saturated carbocycles. The quantitative estimate of drug-likeness (QED) is 0.413. The first-order valence-electron chi connectivity index (χ1n) is 8.26. The summed E-state index contributed by atoms with van der Waals surface area (Å²) in [6.45, 7) is 2.14. The molecule has 3 N–H and O–H groups in total. The van der Waals surface area contributed by atoms with Crippen LogP contribution in [-0.2, 0) is 6.54 Å². The standard InChI is InChI=1S/C19H22N4O2.HI/c1-21-19(22-13-16-7-8-17(25-16)18(20)24)23-11-9-15(10-12-23)14-5-3-2-4-6-14;/h2-9H,10-13H2,1H3,(H2,20,24)(H,21,22);1H. The summed E-state index contributed by atoms with van der Waals surface area (Å²) in [6, 6.07) is 13.8. The molecule has 0 unspecified atom stereocenters. The van der Waals surface area contributed by atoms with E-state index in [2.05, 4.69) is 45.6 Å². The van der Waals surface area contributed by atoms with Gasteiger partial charge in [-0.05, 0) is 29.7 Å². The molecule has 0 fully saturated rings. The van der Waals surface area contributed by atoms with Gasteiger partial charge in [0.1, 0.15) is 5.76 Å². The van der Waals surface area contributed by atoms with Crippen LogP contribution in [0.3, 0.4) is 0 Å². The maximum absolute atomic E-state index is 11.1. The fourth-order valence-corrected chi connectivity index (χ4v) is 2.88. The molecule has 0 spiro atoms. The van der Waals surface area contributed by atoms with Crippen molar-refractivity contribution in [2.75, 3.05) is 20.1 Å². The summed E-state index contributed by atoms with van der Waals surface area (Å²) < 4.78 is 5.38. The average Bonchev–Trinajstić information content (AvgIpc) is 3.13. The fraction of sp³-hybridized carbons (Fsp3) is 0.263. The van der Waals surface area contributed by atoms with Crippen LogP contribution in [0, 0.1) is 0 Å². The largest absolute Gasteiger partial charge is 0.454 e. The number of guanidine groups is 1.